The van der Waals surface area contributed by atoms with E-state index in [0.717, 1.165) is 10.9 Å². The molecule has 17 heavy (non-hydrogen) atoms. The van der Waals surface area contributed by atoms with Crippen LogP contribution < -0.4 is 5.32 Å². The van der Waals surface area contributed by atoms with Crippen molar-refractivity contribution in [2.45, 2.75) is 24.5 Å². The van der Waals surface area contributed by atoms with Gasteiger partial charge in [-0.15, -0.1) is 0 Å². The molecule has 1 N–H and O–H groups in total. The molecule has 5 nitrogen and oxygen atoms in total. The maximum absolute atomic E-state index is 11.5. The number of rotatable bonds is 7. The van der Waals surface area contributed by atoms with Gasteiger partial charge in [0.1, 0.15) is 6.04 Å². The van der Waals surface area contributed by atoms with E-state index in [9.17, 15) is 4.79 Å². The third-order valence-corrected chi connectivity index (χ3v) is 3.01. The molecule has 0 saturated heterocycles. The van der Waals surface area contributed by atoms with Crippen molar-refractivity contribution in [2.75, 3.05) is 19.4 Å². The number of esters is 1. The first-order chi connectivity index (χ1) is 8.27. The van der Waals surface area contributed by atoms with Crippen LogP contribution in [0.1, 0.15) is 13.3 Å². The second-order valence-corrected chi connectivity index (χ2v) is 4.32. The van der Waals surface area contributed by atoms with E-state index in [2.05, 4.69) is 15.3 Å². The Morgan fingerprint density at radius 2 is 2.24 bits per heavy atom. The Bertz CT molecular complexity index is 335. The molecule has 1 rings (SSSR count). The van der Waals surface area contributed by atoms with Crippen LogP contribution in [0.25, 0.3) is 0 Å². The number of nitrogens with zero attached hydrogens (tertiary/aromatic N) is 2. The average Bonchev–Trinajstić information content (AvgIpc) is 2.36. The molecule has 0 spiro atoms. The maximum Gasteiger partial charge on any atom is 0.323 e. The molecule has 0 saturated carbocycles. The highest BCUT2D eigenvalue weighted by Gasteiger charge is 2.17. The van der Waals surface area contributed by atoms with Gasteiger partial charge in [-0.3, -0.25) is 4.79 Å². The van der Waals surface area contributed by atoms with Gasteiger partial charge in [0.15, 0.2) is 5.16 Å². The highest BCUT2D eigenvalue weighted by Crippen LogP contribution is 2.13. The molecule has 0 radical (unpaired) electrons. The van der Waals surface area contributed by atoms with Crippen LogP contribution in [-0.4, -0.2) is 41.4 Å². The van der Waals surface area contributed by atoms with Gasteiger partial charge in [0.05, 0.1) is 6.61 Å². The maximum atomic E-state index is 11.5. The van der Waals surface area contributed by atoms with Crippen molar-refractivity contribution in [3.63, 3.8) is 0 Å². The van der Waals surface area contributed by atoms with E-state index in [4.69, 9.17) is 4.74 Å². The molecule has 0 bridgehead atoms. The van der Waals surface area contributed by atoms with Crippen LogP contribution >= 0.6 is 11.8 Å². The van der Waals surface area contributed by atoms with Crippen molar-refractivity contribution in [3.8, 4) is 0 Å². The second kappa shape index (κ2) is 8.03. The SMILES string of the molecule is CCOC(=O)C(CCSc1ncccn1)NC. The molecule has 0 aliphatic rings. The molecular weight excluding hydrogens is 238 g/mol. The number of likely N-dealkylation sites (N-methyl/N-ethyl adjacent to an activating group) is 1. The second-order valence-electron chi connectivity index (χ2n) is 3.26. The van der Waals surface area contributed by atoms with Crippen LogP contribution in [0.15, 0.2) is 23.6 Å². The third-order valence-electron chi connectivity index (χ3n) is 2.10. The topological polar surface area (TPSA) is 64.1 Å². The Labute approximate surface area is 105 Å². The summed E-state index contributed by atoms with van der Waals surface area (Å²) in [6.07, 6.45) is 4.10. The summed E-state index contributed by atoms with van der Waals surface area (Å²) >= 11 is 1.53. The monoisotopic (exact) mass is 255 g/mol. The molecule has 1 heterocycles. The van der Waals surface area contributed by atoms with Crippen LogP contribution in [0.4, 0.5) is 0 Å². The van der Waals surface area contributed by atoms with Gasteiger partial charge in [0.2, 0.25) is 0 Å². The van der Waals surface area contributed by atoms with E-state index in [1.165, 1.54) is 11.8 Å². The Morgan fingerprint density at radius 1 is 1.53 bits per heavy atom. The Hall–Kier alpha value is -1.14. The predicted octanol–water partition coefficient (Wildman–Crippen LogP) is 1.11. The van der Waals surface area contributed by atoms with Crippen LogP contribution in [0.5, 0.6) is 0 Å². The van der Waals surface area contributed by atoms with Crippen molar-refractivity contribution in [1.82, 2.24) is 15.3 Å². The molecule has 6 heteroatoms. The van der Waals surface area contributed by atoms with Gasteiger partial charge in [-0.1, -0.05) is 11.8 Å². The number of aromatic nitrogens is 2. The van der Waals surface area contributed by atoms with Crippen LogP contribution in [0.2, 0.25) is 0 Å². The zero-order valence-corrected chi connectivity index (χ0v) is 10.9. The lowest BCUT2D eigenvalue weighted by Crippen LogP contribution is -2.36. The minimum absolute atomic E-state index is 0.204. The minimum atomic E-state index is -0.258. The lowest BCUT2D eigenvalue weighted by molar-refractivity contribution is -0.145. The summed E-state index contributed by atoms with van der Waals surface area (Å²) in [7, 11) is 1.76. The van der Waals surface area contributed by atoms with Crippen molar-refractivity contribution < 1.29 is 9.53 Å². The number of thioether (sulfide) groups is 1. The average molecular weight is 255 g/mol. The summed E-state index contributed by atoms with van der Waals surface area (Å²) in [4.78, 5) is 19.7. The standard InChI is InChI=1S/C11H17N3O2S/c1-3-16-10(15)9(12-2)5-8-17-11-13-6-4-7-14-11/h4,6-7,9,12H,3,5,8H2,1-2H3. The van der Waals surface area contributed by atoms with Crippen LogP contribution in [-0.2, 0) is 9.53 Å². The summed E-state index contributed by atoms with van der Waals surface area (Å²) in [5, 5.41) is 3.67. The molecule has 0 aliphatic heterocycles. The molecule has 0 fully saturated rings. The normalized spacial score (nSPS) is 12.1. The molecule has 1 unspecified atom stereocenters. The molecule has 1 aromatic heterocycles. The van der Waals surface area contributed by atoms with E-state index in [-0.39, 0.29) is 12.0 Å². The van der Waals surface area contributed by atoms with E-state index in [0.29, 0.717) is 13.0 Å². The summed E-state index contributed by atoms with van der Waals surface area (Å²) < 4.78 is 4.96. The molecule has 1 aromatic rings. The first kappa shape index (κ1) is 13.9. The van der Waals surface area contributed by atoms with E-state index in [1.54, 1.807) is 32.4 Å². The lowest BCUT2D eigenvalue weighted by Gasteiger charge is -2.13. The number of nitrogens with one attached hydrogen (secondary N) is 1. The largest absolute Gasteiger partial charge is 0.465 e. The molecule has 1 atom stereocenters. The number of carbonyl (C=O) groups is 1. The lowest BCUT2D eigenvalue weighted by atomic mass is 10.2. The number of hydrogen-bond donors (Lipinski definition) is 1. The Kier molecular flexibility index (Phi) is 6.57. The Morgan fingerprint density at radius 3 is 2.82 bits per heavy atom. The van der Waals surface area contributed by atoms with E-state index in [1.807, 2.05) is 0 Å². The third kappa shape index (κ3) is 5.14. The fraction of sp³-hybridized carbons (Fsp3) is 0.545. The fourth-order valence-corrected chi connectivity index (χ4v) is 2.06. The molecule has 0 aromatic carbocycles. The quantitative estimate of drug-likeness (QED) is 0.447. The van der Waals surface area contributed by atoms with Gasteiger partial charge in [-0.25, -0.2) is 9.97 Å². The first-order valence-electron chi connectivity index (χ1n) is 5.51. The fourth-order valence-electron chi connectivity index (χ4n) is 1.25. The van der Waals surface area contributed by atoms with E-state index < -0.39 is 0 Å². The van der Waals surface area contributed by atoms with Crippen molar-refractivity contribution >= 4 is 17.7 Å². The molecular formula is C11H17N3O2S. The summed E-state index contributed by atoms with van der Waals surface area (Å²) in [5.41, 5.74) is 0. The van der Waals surface area contributed by atoms with Gasteiger partial charge in [-0.05, 0) is 26.5 Å². The summed E-state index contributed by atoms with van der Waals surface area (Å²) in [5.74, 6) is 0.568. The highest BCUT2D eigenvalue weighted by atomic mass is 32.2. The zero-order chi connectivity index (χ0) is 12.5. The molecule has 0 amide bonds. The number of hydrogen-bond acceptors (Lipinski definition) is 6. The minimum Gasteiger partial charge on any atom is -0.465 e. The van der Waals surface area contributed by atoms with Gasteiger partial charge in [-0.2, -0.15) is 0 Å². The zero-order valence-electron chi connectivity index (χ0n) is 10.0. The van der Waals surface area contributed by atoms with Crippen molar-refractivity contribution in [1.29, 1.82) is 0 Å². The Balaban J connectivity index is 2.31. The van der Waals surface area contributed by atoms with Gasteiger partial charge in [0, 0.05) is 18.1 Å². The number of carbonyl (C=O) groups excluding carboxylic acids is 1. The van der Waals surface area contributed by atoms with Gasteiger partial charge < -0.3 is 10.1 Å². The van der Waals surface area contributed by atoms with Gasteiger partial charge >= 0.3 is 5.97 Å². The first-order valence-corrected chi connectivity index (χ1v) is 6.50. The highest BCUT2D eigenvalue weighted by molar-refractivity contribution is 7.99. The predicted molar refractivity (Wildman–Crippen MR) is 66.9 cm³/mol. The van der Waals surface area contributed by atoms with Crippen molar-refractivity contribution in [2.24, 2.45) is 0 Å². The van der Waals surface area contributed by atoms with Crippen LogP contribution in [0, 0.1) is 0 Å². The summed E-state index contributed by atoms with van der Waals surface area (Å²) in [6, 6.07) is 1.52. The number of ether oxygens (including phenoxy) is 1. The van der Waals surface area contributed by atoms with Crippen LogP contribution in [0.3, 0.4) is 0 Å². The van der Waals surface area contributed by atoms with Gasteiger partial charge in [0.25, 0.3) is 0 Å². The summed E-state index contributed by atoms with van der Waals surface area (Å²) in [6.45, 7) is 2.21. The van der Waals surface area contributed by atoms with Crippen molar-refractivity contribution in [3.05, 3.63) is 18.5 Å². The van der Waals surface area contributed by atoms with E-state index >= 15 is 0 Å². The molecule has 94 valence electrons. The smallest absolute Gasteiger partial charge is 0.323 e. The molecule has 0 aliphatic carbocycles.